The molecule has 0 spiro atoms. The van der Waals surface area contributed by atoms with Gasteiger partial charge in [0.25, 0.3) is 0 Å². The minimum Gasteiger partial charge on any atom is -0.478 e. The topological polar surface area (TPSA) is 78.4 Å². The minimum absolute atomic E-state index is 0.0966. The zero-order valence-electron chi connectivity index (χ0n) is 11.6. The molecule has 1 aliphatic rings. The van der Waals surface area contributed by atoms with Gasteiger partial charge in [0.05, 0.1) is 11.3 Å². The number of hydrogen-bond donors (Lipinski definition) is 3. The largest absolute Gasteiger partial charge is 0.478 e. The average Bonchev–Trinajstić information content (AvgIpc) is 2.41. The molecule has 2 unspecified atom stereocenters. The van der Waals surface area contributed by atoms with Crippen molar-refractivity contribution in [1.29, 1.82) is 0 Å². The molecule has 3 N–H and O–H groups in total. The number of anilines is 1. The van der Waals surface area contributed by atoms with Crippen molar-refractivity contribution in [3.05, 3.63) is 29.8 Å². The van der Waals surface area contributed by atoms with Gasteiger partial charge in [0, 0.05) is 6.04 Å². The molecule has 0 bridgehead atoms. The molecule has 5 heteroatoms. The molecule has 2 atom stereocenters. The van der Waals surface area contributed by atoms with E-state index in [9.17, 15) is 9.59 Å². The number of benzene rings is 1. The quantitative estimate of drug-likeness (QED) is 0.793. The smallest absolute Gasteiger partial charge is 0.337 e. The Balaban J connectivity index is 1.99. The molecule has 0 radical (unpaired) electrons. The number of nitrogens with one attached hydrogen (secondary N) is 2. The van der Waals surface area contributed by atoms with E-state index in [2.05, 4.69) is 17.6 Å². The van der Waals surface area contributed by atoms with E-state index in [0.29, 0.717) is 11.6 Å². The average molecular weight is 276 g/mol. The number of carboxylic acids is 1. The number of amides is 2. The number of para-hydroxylation sites is 1. The zero-order valence-corrected chi connectivity index (χ0v) is 11.6. The molecule has 0 saturated heterocycles. The monoisotopic (exact) mass is 276 g/mol. The summed E-state index contributed by atoms with van der Waals surface area (Å²) in [4.78, 5) is 23.1. The van der Waals surface area contributed by atoms with Crippen molar-refractivity contribution in [2.45, 2.75) is 38.6 Å². The van der Waals surface area contributed by atoms with Crippen molar-refractivity contribution in [3.8, 4) is 0 Å². The first-order valence-corrected chi connectivity index (χ1v) is 6.98. The normalized spacial score (nSPS) is 22.1. The van der Waals surface area contributed by atoms with E-state index < -0.39 is 5.97 Å². The highest BCUT2D eigenvalue weighted by Gasteiger charge is 2.23. The van der Waals surface area contributed by atoms with Gasteiger partial charge in [-0.15, -0.1) is 0 Å². The maximum absolute atomic E-state index is 12.0. The second-order valence-corrected chi connectivity index (χ2v) is 5.32. The summed E-state index contributed by atoms with van der Waals surface area (Å²) in [6.45, 7) is 2.13. The van der Waals surface area contributed by atoms with Crippen molar-refractivity contribution < 1.29 is 14.7 Å². The van der Waals surface area contributed by atoms with Crippen molar-refractivity contribution in [2.75, 3.05) is 5.32 Å². The Bertz CT molecular complexity index is 502. The van der Waals surface area contributed by atoms with E-state index in [4.69, 9.17) is 5.11 Å². The molecule has 1 aliphatic carbocycles. The van der Waals surface area contributed by atoms with Gasteiger partial charge in [-0.05, 0) is 30.9 Å². The van der Waals surface area contributed by atoms with E-state index in [1.54, 1.807) is 18.2 Å². The molecule has 108 valence electrons. The van der Waals surface area contributed by atoms with Gasteiger partial charge in [0.1, 0.15) is 0 Å². The molecule has 0 heterocycles. The summed E-state index contributed by atoms with van der Waals surface area (Å²) in [5.74, 6) is -0.587. The van der Waals surface area contributed by atoms with Gasteiger partial charge < -0.3 is 15.7 Å². The highest BCUT2D eigenvalue weighted by atomic mass is 16.4. The summed E-state index contributed by atoms with van der Waals surface area (Å²) in [5, 5.41) is 14.6. The highest BCUT2D eigenvalue weighted by molar-refractivity contribution is 6.00. The summed E-state index contributed by atoms with van der Waals surface area (Å²) in [6, 6.07) is 6.23. The second-order valence-electron chi connectivity index (χ2n) is 5.32. The number of carbonyl (C=O) groups is 2. The molecule has 2 rings (SSSR count). The Morgan fingerprint density at radius 1 is 1.20 bits per heavy atom. The fourth-order valence-corrected chi connectivity index (χ4v) is 2.64. The Labute approximate surface area is 118 Å². The van der Waals surface area contributed by atoms with E-state index in [0.717, 1.165) is 19.3 Å². The number of carbonyl (C=O) groups excluding carboxylic acids is 1. The Morgan fingerprint density at radius 2 is 1.90 bits per heavy atom. The van der Waals surface area contributed by atoms with Crippen LogP contribution in [0.2, 0.25) is 0 Å². The van der Waals surface area contributed by atoms with Crippen LogP contribution < -0.4 is 10.6 Å². The van der Waals surface area contributed by atoms with E-state index >= 15 is 0 Å². The predicted octanol–water partition coefficient (Wildman–Crippen LogP) is 3.09. The van der Waals surface area contributed by atoms with Gasteiger partial charge in [0.15, 0.2) is 0 Å². The summed E-state index contributed by atoms with van der Waals surface area (Å²) >= 11 is 0. The van der Waals surface area contributed by atoms with Gasteiger partial charge in [-0.25, -0.2) is 9.59 Å². The molecule has 5 nitrogen and oxygen atoms in total. The van der Waals surface area contributed by atoms with Crippen LogP contribution in [-0.4, -0.2) is 23.1 Å². The number of urea groups is 1. The maximum Gasteiger partial charge on any atom is 0.337 e. The van der Waals surface area contributed by atoms with Crippen LogP contribution in [0.25, 0.3) is 0 Å². The van der Waals surface area contributed by atoms with E-state index in [1.165, 1.54) is 12.5 Å². The molecule has 20 heavy (non-hydrogen) atoms. The van der Waals surface area contributed by atoms with Crippen LogP contribution in [0.4, 0.5) is 10.5 Å². The molecule has 2 amide bonds. The molecular formula is C15H20N2O3. The van der Waals surface area contributed by atoms with Crippen LogP contribution >= 0.6 is 0 Å². The Hall–Kier alpha value is -2.04. The first-order valence-electron chi connectivity index (χ1n) is 6.98. The first kappa shape index (κ1) is 14.4. The third-order valence-corrected chi connectivity index (χ3v) is 3.83. The van der Waals surface area contributed by atoms with E-state index in [1.807, 2.05) is 0 Å². The lowest BCUT2D eigenvalue weighted by molar-refractivity contribution is 0.0698. The van der Waals surface area contributed by atoms with E-state index in [-0.39, 0.29) is 17.6 Å². The van der Waals surface area contributed by atoms with Crippen LogP contribution in [0.3, 0.4) is 0 Å². The number of rotatable bonds is 3. The maximum atomic E-state index is 12.0. The molecule has 1 saturated carbocycles. The van der Waals surface area contributed by atoms with Crippen LogP contribution in [0.1, 0.15) is 43.0 Å². The molecule has 1 aromatic carbocycles. The van der Waals surface area contributed by atoms with Gasteiger partial charge in [-0.1, -0.05) is 31.9 Å². The third kappa shape index (κ3) is 3.50. The van der Waals surface area contributed by atoms with Crippen molar-refractivity contribution in [2.24, 2.45) is 5.92 Å². The molecule has 0 aliphatic heterocycles. The van der Waals surface area contributed by atoms with Crippen molar-refractivity contribution in [1.82, 2.24) is 5.32 Å². The summed E-state index contributed by atoms with van der Waals surface area (Å²) < 4.78 is 0. The molecular weight excluding hydrogens is 256 g/mol. The van der Waals surface area contributed by atoms with Crippen molar-refractivity contribution >= 4 is 17.7 Å². The third-order valence-electron chi connectivity index (χ3n) is 3.83. The lowest BCUT2D eigenvalue weighted by Gasteiger charge is -2.29. The molecule has 1 fully saturated rings. The molecule has 1 aromatic rings. The molecule has 0 aromatic heterocycles. The van der Waals surface area contributed by atoms with Crippen LogP contribution in [0.15, 0.2) is 24.3 Å². The van der Waals surface area contributed by atoms with Gasteiger partial charge in [-0.2, -0.15) is 0 Å². The van der Waals surface area contributed by atoms with Gasteiger partial charge in [0.2, 0.25) is 0 Å². The standard InChI is InChI=1S/C15H20N2O3/c1-10-6-2-4-8-12(10)16-15(20)17-13-9-5-3-7-11(13)14(18)19/h3,5,7,9-10,12H,2,4,6,8H2,1H3,(H,18,19)(H2,16,17,20). The zero-order chi connectivity index (χ0) is 14.5. The fraction of sp³-hybridized carbons (Fsp3) is 0.467. The lowest BCUT2D eigenvalue weighted by Crippen LogP contribution is -2.43. The van der Waals surface area contributed by atoms with Crippen LogP contribution in [0.5, 0.6) is 0 Å². The van der Waals surface area contributed by atoms with Gasteiger partial charge >= 0.3 is 12.0 Å². The number of hydrogen-bond acceptors (Lipinski definition) is 2. The first-order chi connectivity index (χ1) is 9.58. The highest BCUT2D eigenvalue weighted by Crippen LogP contribution is 2.24. The number of carboxylic acid groups (broad SMARTS) is 1. The fourth-order valence-electron chi connectivity index (χ4n) is 2.64. The van der Waals surface area contributed by atoms with Crippen LogP contribution in [0, 0.1) is 5.92 Å². The van der Waals surface area contributed by atoms with Crippen LogP contribution in [-0.2, 0) is 0 Å². The summed E-state index contributed by atoms with van der Waals surface area (Å²) in [6.07, 6.45) is 4.44. The SMILES string of the molecule is CC1CCCCC1NC(=O)Nc1ccccc1C(=O)O. The lowest BCUT2D eigenvalue weighted by atomic mass is 9.86. The summed E-state index contributed by atoms with van der Waals surface area (Å²) in [7, 11) is 0. The van der Waals surface area contributed by atoms with Gasteiger partial charge in [-0.3, -0.25) is 0 Å². The second kappa shape index (κ2) is 6.41. The predicted molar refractivity (Wildman–Crippen MR) is 77.0 cm³/mol. The Kier molecular flexibility index (Phi) is 4.61. The van der Waals surface area contributed by atoms with Crippen molar-refractivity contribution in [3.63, 3.8) is 0 Å². The minimum atomic E-state index is -1.05. The number of aromatic carboxylic acids is 1. The Morgan fingerprint density at radius 3 is 2.60 bits per heavy atom. The summed E-state index contributed by atoms with van der Waals surface area (Å²) in [5.41, 5.74) is 0.417.